The van der Waals surface area contributed by atoms with Crippen molar-refractivity contribution in [1.29, 1.82) is 0 Å². The molecule has 7 nitrogen and oxygen atoms in total. The van der Waals surface area contributed by atoms with Crippen molar-refractivity contribution in [2.75, 3.05) is 18.5 Å². The zero-order valence-electron chi connectivity index (χ0n) is 16.5. The molecule has 1 amide bonds. The largest absolute Gasteiger partial charge is 0.460 e. The van der Waals surface area contributed by atoms with Crippen molar-refractivity contribution in [2.45, 2.75) is 45.1 Å². The molecule has 0 unspecified atom stereocenters. The Balaban J connectivity index is 1.45. The van der Waals surface area contributed by atoms with E-state index < -0.39 is 5.97 Å². The molecule has 2 aromatic rings. The molecule has 29 heavy (non-hydrogen) atoms. The Hall–Kier alpha value is -2.67. The first-order valence-corrected chi connectivity index (χ1v) is 10.3. The molecule has 1 aliphatic carbocycles. The summed E-state index contributed by atoms with van der Waals surface area (Å²) in [6, 6.07) is 6.67. The first kappa shape index (κ1) is 19.6. The summed E-state index contributed by atoms with van der Waals surface area (Å²) in [5.74, 6) is 0.604. The average Bonchev–Trinajstić information content (AvgIpc) is 3.35. The van der Waals surface area contributed by atoms with Crippen LogP contribution in [0, 0.1) is 11.8 Å². The van der Waals surface area contributed by atoms with Crippen LogP contribution in [0.5, 0.6) is 0 Å². The van der Waals surface area contributed by atoms with E-state index in [9.17, 15) is 14.4 Å². The molecule has 2 aliphatic rings. The highest BCUT2D eigenvalue weighted by molar-refractivity contribution is 5.98. The lowest BCUT2D eigenvalue weighted by Crippen LogP contribution is -2.42. The Morgan fingerprint density at radius 3 is 2.76 bits per heavy atom. The van der Waals surface area contributed by atoms with Crippen LogP contribution >= 0.6 is 0 Å². The van der Waals surface area contributed by atoms with Crippen molar-refractivity contribution in [2.24, 2.45) is 11.8 Å². The molecule has 7 heteroatoms. The van der Waals surface area contributed by atoms with Gasteiger partial charge in [0.15, 0.2) is 0 Å². The maximum atomic E-state index is 12.9. The number of furan rings is 1. The number of ketones is 1. The first-order valence-electron chi connectivity index (χ1n) is 10.3. The third-order valence-corrected chi connectivity index (χ3v) is 6.01. The van der Waals surface area contributed by atoms with Gasteiger partial charge in [0.25, 0.3) is 0 Å². The summed E-state index contributed by atoms with van der Waals surface area (Å²) in [6.45, 7) is 2.84. The van der Waals surface area contributed by atoms with Crippen molar-refractivity contribution >= 4 is 34.3 Å². The Kier molecular flexibility index (Phi) is 5.67. The fourth-order valence-electron chi connectivity index (χ4n) is 4.55. The highest BCUT2D eigenvalue weighted by Crippen LogP contribution is 2.35. The zero-order chi connectivity index (χ0) is 20.4. The molecule has 2 atom stereocenters. The summed E-state index contributed by atoms with van der Waals surface area (Å²) in [4.78, 5) is 36.3. The van der Waals surface area contributed by atoms with Crippen LogP contribution in [0.4, 0.5) is 5.69 Å². The predicted octanol–water partition coefficient (Wildman–Crippen LogP) is 3.29. The lowest BCUT2D eigenvalue weighted by molar-refractivity contribution is -0.121. The number of anilines is 1. The number of esters is 1. The van der Waals surface area contributed by atoms with Crippen LogP contribution in [0.2, 0.25) is 0 Å². The standard InChI is InChI=1S/C22H26N2O5/c1-2-28-22(27)19-12-14-11-15(5-8-18(14)29-19)24-21(26)20-17(9-10-23-20)13-3-6-16(25)7-4-13/h5,8,11-13,17,20,23H,2-4,6-7,9-10H2,1H3,(H,24,26)/t17-,20-/m1/s1. The van der Waals surface area contributed by atoms with Crippen molar-refractivity contribution in [1.82, 2.24) is 5.32 Å². The van der Waals surface area contributed by atoms with Gasteiger partial charge in [-0.3, -0.25) is 9.59 Å². The molecular formula is C22H26N2O5. The van der Waals surface area contributed by atoms with Gasteiger partial charge in [0.05, 0.1) is 12.6 Å². The van der Waals surface area contributed by atoms with E-state index in [0.29, 0.717) is 35.8 Å². The molecule has 1 saturated heterocycles. The molecular weight excluding hydrogens is 372 g/mol. The average molecular weight is 398 g/mol. The number of carbonyl (C=O) groups excluding carboxylic acids is 3. The minimum atomic E-state index is -0.502. The Bertz CT molecular complexity index is 924. The van der Waals surface area contributed by atoms with Gasteiger partial charge in [-0.05, 0) is 68.8 Å². The number of hydrogen-bond donors (Lipinski definition) is 2. The van der Waals surface area contributed by atoms with Crippen molar-refractivity contribution < 1.29 is 23.5 Å². The topological polar surface area (TPSA) is 97.6 Å². The summed E-state index contributed by atoms with van der Waals surface area (Å²) < 4.78 is 10.5. The molecule has 1 aromatic heterocycles. The van der Waals surface area contributed by atoms with Gasteiger partial charge >= 0.3 is 5.97 Å². The molecule has 2 heterocycles. The maximum absolute atomic E-state index is 12.9. The SMILES string of the molecule is CCOC(=O)c1cc2cc(NC(=O)[C@@H]3NCC[C@@H]3C3CCC(=O)CC3)ccc2o1. The summed E-state index contributed by atoms with van der Waals surface area (Å²) >= 11 is 0. The second-order valence-corrected chi connectivity index (χ2v) is 7.83. The number of fused-ring (bicyclic) bond motifs is 1. The Labute approximate surface area is 169 Å². The Morgan fingerprint density at radius 1 is 1.21 bits per heavy atom. The molecule has 0 bridgehead atoms. The highest BCUT2D eigenvalue weighted by Gasteiger charge is 2.39. The smallest absolute Gasteiger partial charge is 0.374 e. The second kappa shape index (κ2) is 8.37. The minimum absolute atomic E-state index is 0.0575. The highest BCUT2D eigenvalue weighted by atomic mass is 16.5. The van der Waals surface area contributed by atoms with E-state index in [-0.39, 0.29) is 30.2 Å². The number of nitrogens with one attached hydrogen (secondary N) is 2. The summed E-state index contributed by atoms with van der Waals surface area (Å²) in [6.07, 6.45) is 3.99. The van der Waals surface area contributed by atoms with Crippen LogP contribution in [-0.2, 0) is 14.3 Å². The lowest BCUT2D eigenvalue weighted by atomic mass is 9.76. The monoisotopic (exact) mass is 398 g/mol. The molecule has 2 fully saturated rings. The third-order valence-electron chi connectivity index (χ3n) is 6.01. The van der Waals surface area contributed by atoms with Crippen LogP contribution in [-0.4, -0.2) is 36.9 Å². The number of amides is 1. The van der Waals surface area contributed by atoms with E-state index in [1.807, 2.05) is 0 Å². The first-order chi connectivity index (χ1) is 14.0. The maximum Gasteiger partial charge on any atom is 0.374 e. The van der Waals surface area contributed by atoms with E-state index in [2.05, 4.69) is 10.6 Å². The number of rotatable bonds is 5. The fourth-order valence-corrected chi connectivity index (χ4v) is 4.55. The van der Waals surface area contributed by atoms with Gasteiger partial charge in [-0.15, -0.1) is 0 Å². The predicted molar refractivity (Wildman–Crippen MR) is 108 cm³/mol. The van der Waals surface area contributed by atoms with E-state index in [1.165, 1.54) is 0 Å². The summed E-state index contributed by atoms with van der Waals surface area (Å²) in [5, 5.41) is 7.05. The third kappa shape index (κ3) is 4.19. The van der Waals surface area contributed by atoms with Crippen molar-refractivity contribution in [3.05, 3.63) is 30.0 Å². The molecule has 154 valence electrons. The molecule has 1 aliphatic heterocycles. The molecule has 0 radical (unpaired) electrons. The second-order valence-electron chi connectivity index (χ2n) is 7.83. The molecule has 2 N–H and O–H groups in total. The van der Waals surface area contributed by atoms with E-state index in [1.54, 1.807) is 31.2 Å². The van der Waals surface area contributed by atoms with Gasteiger partial charge in [0.1, 0.15) is 11.4 Å². The molecule has 1 aromatic carbocycles. The van der Waals surface area contributed by atoms with Crippen LogP contribution in [0.15, 0.2) is 28.7 Å². The van der Waals surface area contributed by atoms with Crippen molar-refractivity contribution in [3.8, 4) is 0 Å². The number of Topliss-reactive ketones (excluding diaryl/α,β-unsaturated/α-hetero) is 1. The molecule has 4 rings (SSSR count). The number of hydrogen-bond acceptors (Lipinski definition) is 6. The van der Waals surface area contributed by atoms with E-state index in [0.717, 1.165) is 31.2 Å². The Morgan fingerprint density at radius 2 is 2.00 bits per heavy atom. The summed E-state index contributed by atoms with van der Waals surface area (Å²) in [7, 11) is 0. The van der Waals surface area contributed by atoms with Crippen LogP contribution in [0.1, 0.15) is 49.6 Å². The van der Waals surface area contributed by atoms with Gasteiger partial charge in [0, 0.05) is 23.9 Å². The molecule has 0 spiro atoms. The normalized spacial score (nSPS) is 22.7. The van der Waals surface area contributed by atoms with Gasteiger partial charge in [-0.25, -0.2) is 4.79 Å². The van der Waals surface area contributed by atoms with Gasteiger partial charge < -0.3 is 19.8 Å². The van der Waals surface area contributed by atoms with Crippen LogP contribution < -0.4 is 10.6 Å². The molecule has 1 saturated carbocycles. The lowest BCUT2D eigenvalue weighted by Gasteiger charge is -2.30. The zero-order valence-corrected chi connectivity index (χ0v) is 16.5. The quantitative estimate of drug-likeness (QED) is 0.750. The van der Waals surface area contributed by atoms with E-state index in [4.69, 9.17) is 9.15 Å². The van der Waals surface area contributed by atoms with Crippen molar-refractivity contribution in [3.63, 3.8) is 0 Å². The van der Waals surface area contributed by atoms with Gasteiger partial charge in [-0.2, -0.15) is 0 Å². The van der Waals surface area contributed by atoms with Gasteiger partial charge in [-0.1, -0.05) is 0 Å². The number of benzene rings is 1. The minimum Gasteiger partial charge on any atom is -0.460 e. The van der Waals surface area contributed by atoms with Crippen LogP contribution in [0.25, 0.3) is 11.0 Å². The summed E-state index contributed by atoms with van der Waals surface area (Å²) in [5.41, 5.74) is 1.22. The number of ether oxygens (including phenoxy) is 1. The van der Waals surface area contributed by atoms with E-state index >= 15 is 0 Å². The number of carbonyl (C=O) groups is 3. The van der Waals surface area contributed by atoms with Crippen LogP contribution in [0.3, 0.4) is 0 Å². The van der Waals surface area contributed by atoms with Gasteiger partial charge in [0.2, 0.25) is 11.7 Å². The fraction of sp³-hybridized carbons (Fsp3) is 0.500.